The number of nitrogens with zero attached hydrogens (tertiary/aromatic N) is 1. The van der Waals surface area contributed by atoms with Gasteiger partial charge in [0.1, 0.15) is 6.61 Å². The van der Waals surface area contributed by atoms with Crippen molar-refractivity contribution in [3.63, 3.8) is 0 Å². The molecule has 0 spiro atoms. The number of hydroxylamine groups is 2. The van der Waals surface area contributed by atoms with Crippen molar-refractivity contribution in [3.8, 4) is 12.3 Å². The van der Waals surface area contributed by atoms with Gasteiger partial charge in [0.2, 0.25) is 0 Å². The third-order valence-electron chi connectivity index (χ3n) is 1.03. The molecule has 1 heterocycles. The summed E-state index contributed by atoms with van der Waals surface area (Å²) in [4.78, 5) is 15.3. The van der Waals surface area contributed by atoms with Crippen LogP contribution in [0.5, 0.6) is 0 Å². The summed E-state index contributed by atoms with van der Waals surface area (Å²) >= 11 is 0. The third kappa shape index (κ3) is 1.53. The summed E-state index contributed by atoms with van der Waals surface area (Å²) in [5, 5.41) is 1.47. The first-order valence-corrected chi connectivity index (χ1v) is 2.66. The van der Waals surface area contributed by atoms with Gasteiger partial charge in [0, 0.05) is 0 Å². The maximum absolute atomic E-state index is 10.5. The second kappa shape index (κ2) is 2.62. The number of carbonyl (C=O) groups is 1. The van der Waals surface area contributed by atoms with Gasteiger partial charge in [-0.1, -0.05) is 5.92 Å². The van der Waals surface area contributed by atoms with Crippen molar-refractivity contribution >= 4 is 5.78 Å². The molecule has 0 aromatic rings. The number of carbonyl (C=O) groups excluding carboxylic acids is 1. The van der Waals surface area contributed by atoms with Crippen molar-refractivity contribution in [2.75, 3.05) is 19.7 Å². The topological polar surface area (TPSA) is 29.5 Å². The minimum absolute atomic E-state index is 0.0882. The lowest BCUT2D eigenvalue weighted by molar-refractivity contribution is -0.118. The average molecular weight is 125 g/mol. The molecule has 1 saturated heterocycles. The summed E-state index contributed by atoms with van der Waals surface area (Å²) in [5.74, 6) is 2.47. The van der Waals surface area contributed by atoms with Crippen LogP contribution in [-0.2, 0) is 9.63 Å². The molecular formula is C6H7NO2. The highest BCUT2D eigenvalue weighted by molar-refractivity contribution is 5.82. The van der Waals surface area contributed by atoms with E-state index in [0.29, 0.717) is 13.1 Å². The average Bonchev–Trinajstić information content (AvgIpc) is 2.17. The van der Waals surface area contributed by atoms with E-state index in [1.165, 1.54) is 5.06 Å². The lowest BCUT2D eigenvalue weighted by atomic mass is 10.4. The van der Waals surface area contributed by atoms with Crippen molar-refractivity contribution in [1.82, 2.24) is 5.06 Å². The Balaban J connectivity index is 2.32. The number of rotatable bonds is 1. The van der Waals surface area contributed by atoms with Crippen molar-refractivity contribution in [1.29, 1.82) is 0 Å². The van der Waals surface area contributed by atoms with Crippen molar-refractivity contribution < 1.29 is 9.63 Å². The van der Waals surface area contributed by atoms with Gasteiger partial charge in [0.05, 0.1) is 13.1 Å². The molecule has 0 aromatic carbocycles. The highest BCUT2D eigenvalue weighted by Gasteiger charge is 2.18. The molecule has 0 atom stereocenters. The lowest BCUT2D eigenvalue weighted by Crippen LogP contribution is -2.19. The molecule has 3 heteroatoms. The van der Waals surface area contributed by atoms with Gasteiger partial charge >= 0.3 is 0 Å². The quantitative estimate of drug-likeness (QED) is 0.440. The van der Waals surface area contributed by atoms with E-state index in [2.05, 4.69) is 5.92 Å². The molecule has 1 fully saturated rings. The standard InChI is InChI=1S/C6H7NO2/c1-2-3-7-4-6(8)5-9-7/h1H,3-5H2. The van der Waals surface area contributed by atoms with Crippen molar-refractivity contribution in [2.24, 2.45) is 0 Å². The maximum atomic E-state index is 10.5. The van der Waals surface area contributed by atoms with Crippen LogP contribution in [0.25, 0.3) is 0 Å². The summed E-state index contributed by atoms with van der Waals surface area (Å²) in [5.41, 5.74) is 0. The van der Waals surface area contributed by atoms with Crippen molar-refractivity contribution in [2.45, 2.75) is 0 Å². The predicted molar refractivity (Wildman–Crippen MR) is 31.4 cm³/mol. The van der Waals surface area contributed by atoms with Gasteiger partial charge in [-0.3, -0.25) is 9.63 Å². The zero-order chi connectivity index (χ0) is 6.69. The van der Waals surface area contributed by atoms with E-state index in [0.717, 1.165) is 0 Å². The molecule has 0 unspecified atom stereocenters. The highest BCUT2D eigenvalue weighted by atomic mass is 16.7. The number of Topliss-reactive ketones (excluding diaryl/α,β-unsaturated/α-hetero) is 1. The van der Waals surface area contributed by atoms with E-state index < -0.39 is 0 Å². The first-order chi connectivity index (χ1) is 4.33. The molecule has 0 aliphatic carbocycles. The Hall–Kier alpha value is -0.850. The maximum Gasteiger partial charge on any atom is 0.176 e. The molecule has 0 bridgehead atoms. The SMILES string of the molecule is C#CCN1CC(=O)CO1. The number of hydrogen-bond donors (Lipinski definition) is 0. The van der Waals surface area contributed by atoms with E-state index in [1.54, 1.807) is 0 Å². The number of ketones is 1. The minimum atomic E-state index is 0.0882. The van der Waals surface area contributed by atoms with Crippen LogP contribution in [0.1, 0.15) is 0 Å². The fourth-order valence-corrected chi connectivity index (χ4v) is 0.655. The van der Waals surface area contributed by atoms with E-state index in [4.69, 9.17) is 11.3 Å². The first-order valence-electron chi connectivity index (χ1n) is 2.66. The van der Waals surface area contributed by atoms with Gasteiger partial charge in [-0.2, -0.15) is 5.06 Å². The highest BCUT2D eigenvalue weighted by Crippen LogP contribution is 1.98. The first kappa shape index (κ1) is 6.27. The fourth-order valence-electron chi connectivity index (χ4n) is 0.655. The van der Waals surface area contributed by atoms with Gasteiger partial charge in [-0.05, 0) is 0 Å². The van der Waals surface area contributed by atoms with Gasteiger partial charge in [0.15, 0.2) is 5.78 Å². The van der Waals surface area contributed by atoms with E-state index in [1.807, 2.05) is 0 Å². The van der Waals surface area contributed by atoms with E-state index in [9.17, 15) is 4.79 Å². The zero-order valence-corrected chi connectivity index (χ0v) is 4.96. The van der Waals surface area contributed by atoms with Crippen LogP contribution in [0.15, 0.2) is 0 Å². The van der Waals surface area contributed by atoms with E-state index >= 15 is 0 Å². The molecule has 0 N–H and O–H groups in total. The van der Waals surface area contributed by atoms with Crippen LogP contribution in [0, 0.1) is 12.3 Å². The summed E-state index contributed by atoms with van der Waals surface area (Å²) in [6.07, 6.45) is 4.97. The molecule has 1 rings (SSSR count). The Morgan fingerprint density at radius 2 is 2.67 bits per heavy atom. The lowest BCUT2D eigenvalue weighted by Gasteiger charge is -2.05. The molecule has 1 aliphatic heterocycles. The van der Waals surface area contributed by atoms with Gasteiger partial charge in [-0.15, -0.1) is 6.42 Å². The molecule has 9 heavy (non-hydrogen) atoms. The summed E-state index contributed by atoms with van der Waals surface area (Å²) in [7, 11) is 0. The van der Waals surface area contributed by atoms with Crippen LogP contribution in [0.4, 0.5) is 0 Å². The molecule has 0 amide bonds. The largest absolute Gasteiger partial charge is 0.295 e. The fraction of sp³-hybridized carbons (Fsp3) is 0.500. The second-order valence-electron chi connectivity index (χ2n) is 1.81. The zero-order valence-electron chi connectivity index (χ0n) is 4.96. The van der Waals surface area contributed by atoms with E-state index in [-0.39, 0.29) is 12.4 Å². The summed E-state index contributed by atoms with van der Waals surface area (Å²) in [6, 6.07) is 0. The monoisotopic (exact) mass is 125 g/mol. The van der Waals surface area contributed by atoms with Crippen LogP contribution < -0.4 is 0 Å². The second-order valence-corrected chi connectivity index (χ2v) is 1.81. The van der Waals surface area contributed by atoms with Crippen molar-refractivity contribution in [3.05, 3.63) is 0 Å². The molecule has 1 aliphatic rings. The van der Waals surface area contributed by atoms with Crippen LogP contribution in [0.3, 0.4) is 0 Å². The molecule has 3 nitrogen and oxygen atoms in total. The summed E-state index contributed by atoms with van der Waals surface area (Å²) < 4.78 is 0. The van der Waals surface area contributed by atoms with Gasteiger partial charge in [0.25, 0.3) is 0 Å². The third-order valence-corrected chi connectivity index (χ3v) is 1.03. The smallest absolute Gasteiger partial charge is 0.176 e. The molecular weight excluding hydrogens is 118 g/mol. The molecule has 0 aromatic heterocycles. The normalized spacial score (nSPS) is 20.1. The minimum Gasteiger partial charge on any atom is -0.295 e. The van der Waals surface area contributed by atoms with Crippen LogP contribution in [-0.4, -0.2) is 30.5 Å². The predicted octanol–water partition coefficient (Wildman–Crippen LogP) is -0.564. The Morgan fingerprint density at radius 1 is 1.89 bits per heavy atom. The Bertz CT molecular complexity index is 159. The number of terminal acetylenes is 1. The Labute approximate surface area is 53.5 Å². The van der Waals surface area contributed by atoms with Gasteiger partial charge < -0.3 is 0 Å². The van der Waals surface area contributed by atoms with Gasteiger partial charge in [-0.25, -0.2) is 0 Å². The Morgan fingerprint density at radius 3 is 3.11 bits per heavy atom. The molecule has 0 saturated carbocycles. The molecule has 48 valence electrons. The molecule has 0 radical (unpaired) electrons. The summed E-state index contributed by atoms with van der Waals surface area (Å²) in [6.45, 7) is 0.914. The Kier molecular flexibility index (Phi) is 1.83. The number of hydrogen-bond acceptors (Lipinski definition) is 3. The van der Waals surface area contributed by atoms with Crippen LogP contribution in [0.2, 0.25) is 0 Å². The van der Waals surface area contributed by atoms with Crippen LogP contribution >= 0.6 is 0 Å².